The van der Waals surface area contributed by atoms with Gasteiger partial charge in [-0.05, 0) is 25.6 Å². The summed E-state index contributed by atoms with van der Waals surface area (Å²) in [6, 6.07) is 2.86. The van der Waals surface area contributed by atoms with Crippen molar-refractivity contribution < 1.29 is 28.4 Å². The summed E-state index contributed by atoms with van der Waals surface area (Å²) in [6.07, 6.45) is 0. The third-order valence-corrected chi connectivity index (χ3v) is 2.69. The predicted molar refractivity (Wildman–Crippen MR) is 56.0 cm³/mol. The molecule has 2 nitrogen and oxygen atoms in total. The zero-order chi connectivity index (χ0) is 10.1. The molecule has 0 bridgehead atoms. The fraction of sp³-hybridized carbons (Fsp3) is 0.444. The molecule has 72 valence electrons. The van der Waals surface area contributed by atoms with Crippen LogP contribution in [-0.4, -0.2) is 11.6 Å². The van der Waals surface area contributed by atoms with E-state index < -0.39 is 5.60 Å². The van der Waals surface area contributed by atoms with Crippen molar-refractivity contribution in [2.75, 3.05) is 0 Å². The monoisotopic (exact) mass is 268 g/mol. The standard InChI is InChI=1S/C9H10BrO2S.Li/c1-9(2,3)12-8(11)7-4-6(10)5-13-7;/h5H,1-3H3;/q-1;+1. The maximum Gasteiger partial charge on any atom is 1.00 e. The maximum absolute atomic E-state index is 11.4. The number of esters is 1. The second-order valence-corrected chi connectivity index (χ2v) is 5.27. The Labute approximate surface area is 108 Å². The van der Waals surface area contributed by atoms with Crippen LogP contribution in [0.1, 0.15) is 30.4 Å². The zero-order valence-electron chi connectivity index (χ0n) is 8.68. The molecule has 0 aliphatic heterocycles. The Morgan fingerprint density at radius 3 is 2.50 bits per heavy atom. The number of hydrogen-bond acceptors (Lipinski definition) is 3. The molecule has 0 aliphatic carbocycles. The molecule has 0 atom stereocenters. The molecule has 1 aromatic heterocycles. The minimum absolute atomic E-state index is 0. The Bertz CT molecular complexity index is 317. The van der Waals surface area contributed by atoms with Crippen molar-refractivity contribution in [1.29, 1.82) is 0 Å². The van der Waals surface area contributed by atoms with Crippen LogP contribution in [0.25, 0.3) is 0 Å². The molecule has 0 saturated heterocycles. The molecule has 14 heavy (non-hydrogen) atoms. The van der Waals surface area contributed by atoms with E-state index in [0.29, 0.717) is 4.88 Å². The van der Waals surface area contributed by atoms with Crippen LogP contribution >= 0.6 is 27.3 Å². The average Bonchev–Trinajstić information content (AvgIpc) is 2.31. The summed E-state index contributed by atoms with van der Waals surface area (Å²) in [5, 5.41) is 1.80. The molecule has 0 fully saturated rings. The van der Waals surface area contributed by atoms with Crippen LogP contribution in [0.5, 0.6) is 0 Å². The second kappa shape index (κ2) is 5.36. The minimum Gasteiger partial charge on any atom is -0.513 e. The molecule has 0 spiro atoms. The third kappa shape index (κ3) is 4.65. The van der Waals surface area contributed by atoms with E-state index in [0.717, 1.165) is 4.47 Å². The van der Waals surface area contributed by atoms with E-state index in [4.69, 9.17) is 4.74 Å². The Morgan fingerprint density at radius 2 is 2.14 bits per heavy atom. The molecule has 5 heteroatoms. The average molecular weight is 269 g/mol. The topological polar surface area (TPSA) is 26.3 Å². The molecule has 0 aromatic carbocycles. The van der Waals surface area contributed by atoms with E-state index in [-0.39, 0.29) is 24.8 Å². The zero-order valence-corrected chi connectivity index (χ0v) is 11.1. The van der Waals surface area contributed by atoms with Gasteiger partial charge >= 0.3 is 18.9 Å². The van der Waals surface area contributed by atoms with Gasteiger partial charge in [0.2, 0.25) is 5.97 Å². The first kappa shape index (κ1) is 14.2. The van der Waals surface area contributed by atoms with Gasteiger partial charge in [0.15, 0.2) is 0 Å². The number of carbonyl (C=O) groups is 1. The predicted octanol–water partition coefficient (Wildman–Crippen LogP) is 0.270. The van der Waals surface area contributed by atoms with Crippen molar-refractivity contribution in [3.05, 3.63) is 20.8 Å². The van der Waals surface area contributed by atoms with E-state index in [1.807, 2.05) is 20.8 Å². The molecule has 0 radical (unpaired) electrons. The van der Waals surface area contributed by atoms with E-state index in [1.54, 1.807) is 5.38 Å². The molecule has 1 heterocycles. The number of hydrogen-bond donors (Lipinski definition) is 0. The van der Waals surface area contributed by atoms with Gasteiger partial charge in [-0.25, -0.2) is 11.3 Å². The maximum atomic E-state index is 11.4. The summed E-state index contributed by atoms with van der Waals surface area (Å²) in [5.74, 6) is -0.316. The first-order valence-corrected chi connectivity index (χ1v) is 5.45. The van der Waals surface area contributed by atoms with Crippen molar-refractivity contribution in [3.63, 3.8) is 0 Å². The van der Waals surface area contributed by atoms with E-state index >= 15 is 0 Å². The molecular weight excluding hydrogens is 259 g/mol. The van der Waals surface area contributed by atoms with E-state index in [1.165, 1.54) is 11.3 Å². The van der Waals surface area contributed by atoms with Crippen molar-refractivity contribution in [2.24, 2.45) is 0 Å². The van der Waals surface area contributed by atoms with Crippen LogP contribution in [-0.2, 0) is 4.74 Å². The first-order valence-electron chi connectivity index (χ1n) is 3.78. The molecule has 0 N–H and O–H groups in total. The Hall–Kier alpha value is 0.247. The molecule has 1 rings (SSSR count). The fourth-order valence-corrected chi connectivity index (χ4v) is 1.90. The third-order valence-electron chi connectivity index (χ3n) is 1.10. The van der Waals surface area contributed by atoms with Crippen molar-refractivity contribution >= 4 is 33.2 Å². The summed E-state index contributed by atoms with van der Waals surface area (Å²) in [4.78, 5) is 11.9. The molecule has 0 aliphatic rings. The van der Waals surface area contributed by atoms with E-state index in [2.05, 4.69) is 22.0 Å². The van der Waals surface area contributed by atoms with Crippen LogP contribution in [0.3, 0.4) is 0 Å². The van der Waals surface area contributed by atoms with Gasteiger partial charge in [-0.3, -0.25) is 0 Å². The van der Waals surface area contributed by atoms with Gasteiger partial charge in [-0.2, -0.15) is 0 Å². The van der Waals surface area contributed by atoms with Crippen LogP contribution in [0, 0.1) is 6.07 Å². The smallest absolute Gasteiger partial charge is 0.513 e. The minimum atomic E-state index is -0.443. The van der Waals surface area contributed by atoms with Crippen LogP contribution < -0.4 is 18.9 Å². The number of rotatable bonds is 1. The fourth-order valence-electron chi connectivity index (χ4n) is 0.702. The summed E-state index contributed by atoms with van der Waals surface area (Å²) in [6.45, 7) is 5.52. The normalized spacial score (nSPS) is 10.6. The van der Waals surface area contributed by atoms with Crippen LogP contribution in [0.15, 0.2) is 9.85 Å². The van der Waals surface area contributed by atoms with Crippen molar-refractivity contribution in [3.8, 4) is 0 Å². The SMILES string of the molecule is CC(C)(C)OC(=O)c1[c-]c(Br)cs1.[Li+]. The van der Waals surface area contributed by atoms with Gasteiger partial charge in [0.1, 0.15) is 0 Å². The molecule has 1 aromatic rings. The number of ether oxygens (including phenoxy) is 1. The largest absolute Gasteiger partial charge is 1.00 e. The van der Waals surface area contributed by atoms with Crippen molar-refractivity contribution in [1.82, 2.24) is 0 Å². The molecule has 0 amide bonds. The quantitative estimate of drug-likeness (QED) is 0.415. The number of halogens is 1. The van der Waals surface area contributed by atoms with Gasteiger partial charge in [0, 0.05) is 0 Å². The summed E-state index contributed by atoms with van der Waals surface area (Å²) < 4.78 is 5.95. The molecular formula is C9H10BrLiO2S. The molecule has 0 saturated carbocycles. The Kier molecular flexibility index (Phi) is 5.46. The number of carbonyl (C=O) groups excluding carboxylic acids is 1. The summed E-state index contributed by atoms with van der Waals surface area (Å²) >= 11 is 4.55. The molecule has 0 unspecified atom stereocenters. The summed E-state index contributed by atoms with van der Waals surface area (Å²) in [7, 11) is 0. The van der Waals surface area contributed by atoms with Gasteiger partial charge in [0.05, 0.1) is 5.60 Å². The van der Waals surface area contributed by atoms with E-state index in [9.17, 15) is 4.79 Å². The van der Waals surface area contributed by atoms with Crippen molar-refractivity contribution in [2.45, 2.75) is 26.4 Å². The van der Waals surface area contributed by atoms with Gasteiger partial charge in [0.25, 0.3) is 0 Å². The Morgan fingerprint density at radius 1 is 1.57 bits per heavy atom. The van der Waals surface area contributed by atoms with Crippen LogP contribution in [0.2, 0.25) is 0 Å². The second-order valence-electron chi connectivity index (χ2n) is 3.54. The van der Waals surface area contributed by atoms with Crippen LogP contribution in [0.4, 0.5) is 0 Å². The number of thiophene rings is 1. The van der Waals surface area contributed by atoms with Gasteiger partial charge in [-0.15, -0.1) is 6.07 Å². The van der Waals surface area contributed by atoms with Gasteiger partial charge < -0.3 is 9.53 Å². The Balaban J connectivity index is 0.00000169. The van der Waals surface area contributed by atoms with Gasteiger partial charge in [-0.1, -0.05) is 25.8 Å². The first-order chi connectivity index (χ1) is 5.88. The summed E-state index contributed by atoms with van der Waals surface area (Å²) in [5.41, 5.74) is -0.443.